The number of methoxy groups -OCH3 is 1. The maximum absolute atomic E-state index is 5.70. The normalized spacial score (nSPS) is 10.6. The van der Waals surface area contributed by atoms with Crippen LogP contribution in [0.1, 0.15) is 17.3 Å². The van der Waals surface area contributed by atoms with Crippen molar-refractivity contribution >= 4 is 5.69 Å². The van der Waals surface area contributed by atoms with Gasteiger partial charge in [0.05, 0.1) is 0 Å². The highest BCUT2D eigenvalue weighted by Gasteiger charge is 2.06. The Morgan fingerprint density at radius 1 is 1.35 bits per heavy atom. The monoisotopic (exact) mass is 233 g/mol. The van der Waals surface area contributed by atoms with Crippen LogP contribution in [-0.4, -0.2) is 17.3 Å². The predicted octanol–water partition coefficient (Wildman–Crippen LogP) is 1.58. The van der Waals surface area contributed by atoms with Crippen LogP contribution in [-0.2, 0) is 24.2 Å². The van der Waals surface area contributed by atoms with Gasteiger partial charge in [-0.2, -0.15) is 4.98 Å². The molecule has 2 rings (SSSR count). The molecule has 0 amide bonds. The van der Waals surface area contributed by atoms with Crippen molar-refractivity contribution in [2.24, 2.45) is 0 Å². The molecule has 0 aliphatic rings. The van der Waals surface area contributed by atoms with Crippen molar-refractivity contribution in [2.75, 3.05) is 12.8 Å². The van der Waals surface area contributed by atoms with E-state index < -0.39 is 0 Å². The summed E-state index contributed by atoms with van der Waals surface area (Å²) >= 11 is 0. The van der Waals surface area contributed by atoms with E-state index in [1.54, 1.807) is 7.11 Å². The maximum atomic E-state index is 5.70. The summed E-state index contributed by atoms with van der Waals surface area (Å²) in [5.74, 6) is 1.20. The molecule has 0 bridgehead atoms. The van der Waals surface area contributed by atoms with Crippen LogP contribution >= 0.6 is 0 Å². The van der Waals surface area contributed by atoms with Crippen LogP contribution in [0.3, 0.4) is 0 Å². The highest BCUT2D eigenvalue weighted by molar-refractivity contribution is 5.40. The number of ether oxygens (including phenoxy) is 1. The van der Waals surface area contributed by atoms with Gasteiger partial charge in [0.15, 0.2) is 5.82 Å². The lowest BCUT2D eigenvalue weighted by Gasteiger charge is -1.99. The first-order valence-corrected chi connectivity index (χ1v) is 5.43. The molecule has 0 unspecified atom stereocenters. The van der Waals surface area contributed by atoms with E-state index in [2.05, 4.69) is 10.1 Å². The molecule has 0 saturated heterocycles. The van der Waals surface area contributed by atoms with Crippen molar-refractivity contribution in [1.82, 2.24) is 10.1 Å². The Morgan fingerprint density at radius 2 is 2.24 bits per heavy atom. The van der Waals surface area contributed by atoms with Crippen LogP contribution in [0, 0.1) is 0 Å². The van der Waals surface area contributed by atoms with E-state index in [0.29, 0.717) is 24.7 Å². The fraction of sp³-hybridized carbons (Fsp3) is 0.333. The van der Waals surface area contributed by atoms with Gasteiger partial charge in [0, 0.05) is 19.2 Å². The van der Waals surface area contributed by atoms with Gasteiger partial charge in [0.1, 0.15) is 6.61 Å². The van der Waals surface area contributed by atoms with Crippen molar-refractivity contribution < 1.29 is 9.26 Å². The largest absolute Gasteiger partial charge is 0.399 e. The summed E-state index contributed by atoms with van der Waals surface area (Å²) in [5.41, 5.74) is 7.64. The number of nitrogens with zero attached hydrogens (tertiary/aromatic N) is 2. The Kier molecular flexibility index (Phi) is 3.72. The zero-order valence-corrected chi connectivity index (χ0v) is 9.72. The van der Waals surface area contributed by atoms with Crippen molar-refractivity contribution in [2.45, 2.75) is 19.4 Å². The van der Waals surface area contributed by atoms with Gasteiger partial charge in [-0.3, -0.25) is 0 Å². The van der Waals surface area contributed by atoms with Crippen LogP contribution < -0.4 is 5.73 Å². The molecule has 2 aromatic rings. The first-order valence-electron chi connectivity index (χ1n) is 5.43. The molecular formula is C12H15N3O2. The van der Waals surface area contributed by atoms with Crippen LogP contribution in [0.25, 0.3) is 0 Å². The summed E-state index contributed by atoms with van der Waals surface area (Å²) in [6.07, 6.45) is 1.54. The number of hydrogen-bond acceptors (Lipinski definition) is 5. The second kappa shape index (κ2) is 5.45. The molecule has 0 aliphatic heterocycles. The van der Waals surface area contributed by atoms with E-state index in [-0.39, 0.29) is 0 Å². The zero-order chi connectivity index (χ0) is 12.1. The molecule has 1 heterocycles. The van der Waals surface area contributed by atoms with Crippen LogP contribution in [0.2, 0.25) is 0 Å². The van der Waals surface area contributed by atoms with E-state index in [0.717, 1.165) is 17.7 Å². The zero-order valence-electron chi connectivity index (χ0n) is 9.72. The SMILES string of the molecule is COCc1noc(CCc2cccc(N)c2)n1. The van der Waals surface area contributed by atoms with Gasteiger partial charge >= 0.3 is 0 Å². The van der Waals surface area contributed by atoms with Crippen LogP contribution in [0.5, 0.6) is 0 Å². The number of anilines is 1. The summed E-state index contributed by atoms with van der Waals surface area (Å²) in [6, 6.07) is 7.79. The number of aromatic nitrogens is 2. The highest BCUT2D eigenvalue weighted by atomic mass is 16.5. The molecular weight excluding hydrogens is 218 g/mol. The molecule has 2 N–H and O–H groups in total. The summed E-state index contributed by atoms with van der Waals surface area (Å²) in [4.78, 5) is 4.20. The van der Waals surface area contributed by atoms with Gasteiger partial charge in [-0.05, 0) is 24.1 Å². The molecule has 5 nitrogen and oxygen atoms in total. The lowest BCUT2D eigenvalue weighted by molar-refractivity contribution is 0.174. The third-order valence-corrected chi connectivity index (χ3v) is 2.36. The molecule has 0 fully saturated rings. The van der Waals surface area contributed by atoms with Gasteiger partial charge in [-0.1, -0.05) is 17.3 Å². The average Bonchev–Trinajstić information content (AvgIpc) is 2.75. The summed E-state index contributed by atoms with van der Waals surface area (Å²) < 4.78 is 10.0. The van der Waals surface area contributed by atoms with Crippen molar-refractivity contribution in [3.63, 3.8) is 0 Å². The predicted molar refractivity (Wildman–Crippen MR) is 63.3 cm³/mol. The van der Waals surface area contributed by atoms with Gasteiger partial charge in [-0.25, -0.2) is 0 Å². The van der Waals surface area contributed by atoms with E-state index in [4.69, 9.17) is 15.0 Å². The minimum atomic E-state index is 0.377. The molecule has 0 saturated carbocycles. The lowest BCUT2D eigenvalue weighted by Crippen LogP contribution is -1.94. The second-order valence-corrected chi connectivity index (χ2v) is 3.78. The first kappa shape index (κ1) is 11.6. The molecule has 1 aromatic carbocycles. The van der Waals surface area contributed by atoms with Gasteiger partial charge < -0.3 is 15.0 Å². The minimum Gasteiger partial charge on any atom is -0.399 e. The van der Waals surface area contributed by atoms with E-state index in [1.165, 1.54) is 0 Å². The highest BCUT2D eigenvalue weighted by Crippen LogP contribution is 2.10. The van der Waals surface area contributed by atoms with Gasteiger partial charge in [0.2, 0.25) is 5.89 Å². The quantitative estimate of drug-likeness (QED) is 0.794. The Hall–Kier alpha value is -1.88. The Balaban J connectivity index is 1.93. The first-order chi connectivity index (χ1) is 8.28. The van der Waals surface area contributed by atoms with Crippen LogP contribution in [0.15, 0.2) is 28.8 Å². The topological polar surface area (TPSA) is 74.2 Å². The van der Waals surface area contributed by atoms with E-state index >= 15 is 0 Å². The summed E-state index contributed by atoms with van der Waals surface area (Å²) in [7, 11) is 1.60. The van der Waals surface area contributed by atoms with Crippen LogP contribution in [0.4, 0.5) is 5.69 Å². The van der Waals surface area contributed by atoms with Gasteiger partial charge in [-0.15, -0.1) is 0 Å². The molecule has 0 spiro atoms. The molecule has 5 heteroatoms. The Labute approximate surface area is 99.6 Å². The molecule has 0 aliphatic carbocycles. The summed E-state index contributed by atoms with van der Waals surface area (Å²) in [6.45, 7) is 0.377. The fourth-order valence-electron chi connectivity index (χ4n) is 1.58. The van der Waals surface area contributed by atoms with Crippen molar-refractivity contribution in [3.05, 3.63) is 41.5 Å². The molecule has 90 valence electrons. The standard InChI is InChI=1S/C12H15N3O2/c1-16-8-11-14-12(17-15-11)6-5-9-3-2-4-10(13)7-9/h2-4,7H,5-6,8,13H2,1H3. The molecule has 17 heavy (non-hydrogen) atoms. The number of benzene rings is 1. The third-order valence-electron chi connectivity index (χ3n) is 2.36. The fourth-order valence-corrected chi connectivity index (χ4v) is 1.58. The Bertz CT molecular complexity index is 482. The number of nitrogens with two attached hydrogens (primary N) is 1. The second-order valence-electron chi connectivity index (χ2n) is 3.78. The molecule has 0 atom stereocenters. The number of nitrogen functional groups attached to an aromatic ring is 1. The number of rotatable bonds is 5. The summed E-state index contributed by atoms with van der Waals surface area (Å²) in [5, 5.41) is 3.80. The third kappa shape index (κ3) is 3.29. The lowest BCUT2D eigenvalue weighted by atomic mass is 10.1. The van der Waals surface area contributed by atoms with Gasteiger partial charge in [0.25, 0.3) is 0 Å². The molecule has 1 aromatic heterocycles. The average molecular weight is 233 g/mol. The van der Waals surface area contributed by atoms with E-state index in [9.17, 15) is 0 Å². The van der Waals surface area contributed by atoms with E-state index in [1.807, 2.05) is 24.3 Å². The number of aryl methyl sites for hydroxylation is 2. The molecule has 0 radical (unpaired) electrons. The van der Waals surface area contributed by atoms with Crippen molar-refractivity contribution in [3.8, 4) is 0 Å². The Morgan fingerprint density at radius 3 is 3.00 bits per heavy atom. The number of hydrogen-bond donors (Lipinski definition) is 1. The maximum Gasteiger partial charge on any atom is 0.227 e. The minimum absolute atomic E-state index is 0.377. The smallest absolute Gasteiger partial charge is 0.227 e. The van der Waals surface area contributed by atoms with Crippen molar-refractivity contribution in [1.29, 1.82) is 0 Å².